The maximum atomic E-state index is 12.8. The minimum Gasteiger partial charge on any atom is -0.480 e. The Morgan fingerprint density at radius 1 is 1.22 bits per heavy atom. The van der Waals surface area contributed by atoms with Gasteiger partial charge in [0.25, 0.3) is 0 Å². The van der Waals surface area contributed by atoms with Crippen molar-refractivity contribution in [1.29, 1.82) is 0 Å². The molecular weight excluding hydrogens is 387 g/mol. The second-order valence-corrected chi connectivity index (χ2v) is 7.42. The number of halogens is 2. The largest absolute Gasteiger partial charge is 0.480 e. The van der Waals surface area contributed by atoms with Crippen LogP contribution in [0, 0.1) is 5.92 Å². The van der Waals surface area contributed by atoms with Crippen LogP contribution in [0.15, 0.2) is 30.6 Å². The van der Waals surface area contributed by atoms with Crippen molar-refractivity contribution in [3.05, 3.63) is 46.2 Å². The molecule has 1 unspecified atom stereocenters. The summed E-state index contributed by atoms with van der Waals surface area (Å²) in [7, 11) is 1.57. The Balaban J connectivity index is 1.57. The molecule has 1 aliphatic rings. The van der Waals surface area contributed by atoms with Crippen molar-refractivity contribution in [2.24, 2.45) is 5.92 Å². The number of ether oxygens (including phenoxy) is 1. The first-order valence-electron chi connectivity index (χ1n) is 8.81. The number of anilines is 1. The highest BCUT2D eigenvalue weighted by Crippen LogP contribution is 2.24. The monoisotopic (exact) mass is 408 g/mol. The van der Waals surface area contributed by atoms with E-state index in [1.807, 2.05) is 17.9 Å². The van der Waals surface area contributed by atoms with E-state index in [0.29, 0.717) is 48.5 Å². The molecule has 1 aromatic heterocycles. The van der Waals surface area contributed by atoms with Gasteiger partial charge in [0, 0.05) is 42.1 Å². The molecule has 144 valence electrons. The van der Waals surface area contributed by atoms with E-state index in [1.54, 1.807) is 31.6 Å². The van der Waals surface area contributed by atoms with Gasteiger partial charge in [0.15, 0.2) is 5.82 Å². The first kappa shape index (κ1) is 19.7. The highest BCUT2D eigenvalue weighted by molar-refractivity contribution is 6.35. The van der Waals surface area contributed by atoms with E-state index in [9.17, 15) is 4.79 Å². The number of carbonyl (C=O) groups is 1. The van der Waals surface area contributed by atoms with Crippen molar-refractivity contribution in [2.45, 2.75) is 13.3 Å². The van der Waals surface area contributed by atoms with E-state index in [1.165, 1.54) is 0 Å². The Hall–Kier alpha value is -2.05. The Morgan fingerprint density at radius 3 is 2.63 bits per heavy atom. The third-order valence-corrected chi connectivity index (χ3v) is 5.27. The number of hydrogen-bond acceptors (Lipinski definition) is 5. The fourth-order valence-electron chi connectivity index (χ4n) is 3.16. The van der Waals surface area contributed by atoms with E-state index in [4.69, 9.17) is 27.9 Å². The smallest absolute Gasteiger partial charge is 0.233 e. The zero-order valence-electron chi connectivity index (χ0n) is 15.4. The van der Waals surface area contributed by atoms with Gasteiger partial charge in [0.1, 0.15) is 0 Å². The van der Waals surface area contributed by atoms with Gasteiger partial charge in [-0.25, -0.2) is 0 Å². The van der Waals surface area contributed by atoms with Gasteiger partial charge < -0.3 is 14.5 Å². The van der Waals surface area contributed by atoms with Gasteiger partial charge in [-0.05, 0) is 24.1 Å². The molecule has 2 heterocycles. The molecule has 0 aliphatic carbocycles. The molecular formula is C19H22Cl2N4O2. The number of benzene rings is 1. The first-order valence-corrected chi connectivity index (χ1v) is 9.57. The number of nitrogens with zero attached hydrogens (tertiary/aromatic N) is 4. The molecule has 1 aliphatic heterocycles. The predicted molar refractivity (Wildman–Crippen MR) is 107 cm³/mol. The standard InChI is InChI=1S/C19H22Cl2N4O2/c1-13(9-14-3-4-15(20)10-16(14)21)19(26)25-7-5-24(6-8-25)17-11-22-12-18(23-17)27-2/h3-4,10-13H,5-9H2,1-2H3. The number of aromatic nitrogens is 2. The van der Waals surface area contributed by atoms with Gasteiger partial charge in [-0.15, -0.1) is 0 Å². The minimum atomic E-state index is -0.146. The number of hydrogen-bond donors (Lipinski definition) is 0. The maximum Gasteiger partial charge on any atom is 0.233 e. The third-order valence-electron chi connectivity index (χ3n) is 4.69. The number of amides is 1. The van der Waals surface area contributed by atoms with Crippen LogP contribution in [0.3, 0.4) is 0 Å². The second-order valence-electron chi connectivity index (χ2n) is 6.57. The molecule has 1 amide bonds. The van der Waals surface area contributed by atoms with Crippen LogP contribution >= 0.6 is 23.2 Å². The zero-order chi connectivity index (χ0) is 19.4. The number of rotatable bonds is 5. The first-order chi connectivity index (χ1) is 13.0. The lowest BCUT2D eigenvalue weighted by atomic mass is 9.99. The molecule has 0 radical (unpaired) electrons. The van der Waals surface area contributed by atoms with Crippen LogP contribution in [0.1, 0.15) is 12.5 Å². The van der Waals surface area contributed by atoms with Crippen LogP contribution in [-0.2, 0) is 11.2 Å². The molecule has 6 nitrogen and oxygen atoms in total. The van der Waals surface area contributed by atoms with Crippen molar-refractivity contribution in [3.8, 4) is 5.88 Å². The molecule has 2 aromatic rings. The second kappa shape index (κ2) is 8.76. The Labute approximate surface area is 169 Å². The minimum absolute atomic E-state index is 0.136. The van der Waals surface area contributed by atoms with E-state index in [2.05, 4.69) is 14.9 Å². The topological polar surface area (TPSA) is 58.6 Å². The summed E-state index contributed by atoms with van der Waals surface area (Å²) in [6.07, 6.45) is 3.88. The summed E-state index contributed by atoms with van der Waals surface area (Å²) in [5.74, 6) is 1.24. The Morgan fingerprint density at radius 2 is 1.96 bits per heavy atom. The lowest BCUT2D eigenvalue weighted by Gasteiger charge is -2.36. The van der Waals surface area contributed by atoms with E-state index in [-0.39, 0.29) is 11.8 Å². The highest BCUT2D eigenvalue weighted by atomic mass is 35.5. The van der Waals surface area contributed by atoms with Crippen molar-refractivity contribution in [2.75, 3.05) is 38.2 Å². The van der Waals surface area contributed by atoms with Crippen LogP contribution in [-0.4, -0.2) is 54.1 Å². The van der Waals surface area contributed by atoms with E-state index >= 15 is 0 Å². The van der Waals surface area contributed by atoms with Crippen LogP contribution in [0.5, 0.6) is 5.88 Å². The van der Waals surface area contributed by atoms with Crippen molar-refractivity contribution < 1.29 is 9.53 Å². The molecule has 0 spiro atoms. The van der Waals surface area contributed by atoms with Crippen molar-refractivity contribution in [3.63, 3.8) is 0 Å². The molecule has 1 fully saturated rings. The highest BCUT2D eigenvalue weighted by Gasteiger charge is 2.26. The lowest BCUT2D eigenvalue weighted by molar-refractivity contribution is -0.135. The summed E-state index contributed by atoms with van der Waals surface area (Å²) in [5.41, 5.74) is 0.937. The van der Waals surface area contributed by atoms with Gasteiger partial charge >= 0.3 is 0 Å². The predicted octanol–water partition coefficient (Wildman–Crippen LogP) is 3.32. The Kier molecular flexibility index (Phi) is 6.39. The molecule has 3 rings (SSSR count). The van der Waals surface area contributed by atoms with Crippen LogP contribution in [0.4, 0.5) is 5.82 Å². The Bertz CT molecular complexity index is 810. The summed E-state index contributed by atoms with van der Waals surface area (Å²) in [5, 5.41) is 1.20. The summed E-state index contributed by atoms with van der Waals surface area (Å²) >= 11 is 12.2. The fraction of sp³-hybridized carbons (Fsp3) is 0.421. The van der Waals surface area contributed by atoms with Gasteiger partial charge in [-0.3, -0.25) is 9.78 Å². The summed E-state index contributed by atoms with van der Waals surface area (Å²) < 4.78 is 5.13. The zero-order valence-corrected chi connectivity index (χ0v) is 16.9. The van der Waals surface area contributed by atoms with Crippen molar-refractivity contribution >= 4 is 34.9 Å². The average molecular weight is 409 g/mol. The van der Waals surface area contributed by atoms with Crippen LogP contribution in [0.25, 0.3) is 0 Å². The molecule has 27 heavy (non-hydrogen) atoms. The SMILES string of the molecule is COc1cncc(N2CCN(C(=O)C(C)Cc3ccc(Cl)cc3Cl)CC2)n1. The van der Waals surface area contributed by atoms with E-state index in [0.717, 1.165) is 11.4 Å². The number of methoxy groups -OCH3 is 1. The molecule has 0 bridgehead atoms. The number of piperazine rings is 1. The van der Waals surface area contributed by atoms with Crippen molar-refractivity contribution in [1.82, 2.24) is 14.9 Å². The molecule has 1 saturated heterocycles. The summed E-state index contributed by atoms with van der Waals surface area (Å²) in [6, 6.07) is 5.39. The molecule has 8 heteroatoms. The van der Waals surface area contributed by atoms with Gasteiger partial charge in [0.2, 0.25) is 11.8 Å². The maximum absolute atomic E-state index is 12.8. The molecule has 0 N–H and O–H groups in total. The lowest BCUT2D eigenvalue weighted by Crippen LogP contribution is -2.50. The van der Waals surface area contributed by atoms with Crippen LogP contribution < -0.4 is 9.64 Å². The van der Waals surface area contributed by atoms with Gasteiger partial charge in [0.05, 0.1) is 19.5 Å². The molecule has 0 saturated carbocycles. The normalized spacial score (nSPS) is 15.6. The average Bonchev–Trinajstić information content (AvgIpc) is 2.69. The van der Waals surface area contributed by atoms with Gasteiger partial charge in [-0.2, -0.15) is 4.98 Å². The third kappa shape index (κ3) is 4.82. The molecule has 1 atom stereocenters. The number of carbonyl (C=O) groups excluding carboxylic acids is 1. The summed E-state index contributed by atoms with van der Waals surface area (Å²) in [4.78, 5) is 25.4. The fourth-order valence-corrected chi connectivity index (χ4v) is 3.65. The van der Waals surface area contributed by atoms with Gasteiger partial charge in [-0.1, -0.05) is 36.2 Å². The quantitative estimate of drug-likeness (QED) is 0.759. The van der Waals surface area contributed by atoms with E-state index < -0.39 is 0 Å². The summed E-state index contributed by atoms with van der Waals surface area (Å²) in [6.45, 7) is 4.66. The van der Waals surface area contributed by atoms with Crippen LogP contribution in [0.2, 0.25) is 10.0 Å². The molecule has 1 aromatic carbocycles.